The molecule has 0 saturated heterocycles. The van der Waals surface area contributed by atoms with Crippen LogP contribution in [-0.4, -0.2) is 27.0 Å². The number of benzene rings is 1. The molecule has 6 heteroatoms. The Morgan fingerprint density at radius 2 is 1.80 bits per heavy atom. The minimum atomic E-state index is -0.140. The Balaban J connectivity index is 1.85. The fourth-order valence-electron chi connectivity index (χ4n) is 3.01. The summed E-state index contributed by atoms with van der Waals surface area (Å²) < 4.78 is 8.81. The Kier molecular flexibility index (Phi) is 4.79. The van der Waals surface area contributed by atoms with Crippen LogP contribution in [0.15, 0.2) is 45.6 Å². The fraction of sp³-hybridized carbons (Fsp3) is 0.368. The normalized spacial score (nSPS) is 11.2. The van der Waals surface area contributed by atoms with Crippen molar-refractivity contribution in [3.8, 4) is 0 Å². The minimum Gasteiger partial charge on any atom is -0.464 e. The van der Waals surface area contributed by atoms with Crippen molar-refractivity contribution >= 4 is 16.9 Å². The summed E-state index contributed by atoms with van der Waals surface area (Å²) in [6.45, 7) is 4.94. The Morgan fingerprint density at radius 3 is 2.40 bits per heavy atom. The molecular formula is C19H23N3O3. The molecule has 0 aliphatic rings. The minimum absolute atomic E-state index is 0.0201. The molecule has 6 nitrogen and oxygen atoms in total. The number of para-hydroxylation sites is 2. The summed E-state index contributed by atoms with van der Waals surface area (Å²) in [7, 11) is 1.72. The molecule has 132 valence electrons. The molecule has 0 saturated carbocycles. The van der Waals surface area contributed by atoms with Gasteiger partial charge >= 0.3 is 5.69 Å². The third-order valence-electron chi connectivity index (χ3n) is 4.28. The number of hydrogen-bond donors (Lipinski definition) is 0. The number of hydrogen-bond acceptors (Lipinski definition) is 3. The summed E-state index contributed by atoms with van der Waals surface area (Å²) in [5.74, 6) is 1.42. The van der Waals surface area contributed by atoms with Crippen LogP contribution in [0.5, 0.6) is 0 Å². The molecule has 2 heterocycles. The Hall–Kier alpha value is -2.76. The molecule has 0 unspecified atom stereocenters. The third-order valence-corrected chi connectivity index (χ3v) is 4.28. The molecule has 0 radical (unpaired) electrons. The zero-order chi connectivity index (χ0) is 18.0. The summed E-state index contributed by atoms with van der Waals surface area (Å²) in [4.78, 5) is 26.9. The van der Waals surface area contributed by atoms with E-state index in [2.05, 4.69) is 0 Å². The van der Waals surface area contributed by atoms with E-state index in [1.807, 2.05) is 50.2 Å². The summed E-state index contributed by atoms with van der Waals surface area (Å²) in [5, 5.41) is 0. The highest BCUT2D eigenvalue weighted by Crippen LogP contribution is 2.14. The lowest BCUT2D eigenvalue weighted by Gasteiger charge is -2.16. The van der Waals surface area contributed by atoms with Crippen molar-refractivity contribution in [3.05, 3.63) is 58.4 Å². The van der Waals surface area contributed by atoms with Crippen LogP contribution in [0.3, 0.4) is 0 Å². The Morgan fingerprint density at radius 1 is 1.12 bits per heavy atom. The smallest absolute Gasteiger partial charge is 0.329 e. The van der Waals surface area contributed by atoms with Crippen molar-refractivity contribution in [1.82, 2.24) is 14.0 Å². The largest absolute Gasteiger partial charge is 0.464 e. The number of aryl methyl sites for hydroxylation is 2. The van der Waals surface area contributed by atoms with Crippen molar-refractivity contribution in [2.24, 2.45) is 0 Å². The van der Waals surface area contributed by atoms with Gasteiger partial charge in [0.05, 0.1) is 17.6 Å². The SMILES string of the molecule is CCCn1c(=O)n(CC(=O)N(C)Cc2ccc(C)o2)c2ccccc21. The Bertz CT molecular complexity index is 948. The monoisotopic (exact) mass is 341 g/mol. The molecular weight excluding hydrogens is 318 g/mol. The summed E-state index contributed by atoms with van der Waals surface area (Å²) in [6, 6.07) is 11.3. The van der Waals surface area contributed by atoms with Gasteiger partial charge in [-0.05, 0) is 37.6 Å². The standard InChI is InChI=1S/C19H23N3O3/c1-4-11-21-16-7-5-6-8-17(16)22(19(21)24)13-18(23)20(3)12-15-10-9-14(2)25-15/h5-10H,4,11-13H2,1-3H3. The van der Waals surface area contributed by atoms with Gasteiger partial charge in [0.2, 0.25) is 5.91 Å². The molecule has 1 amide bonds. The highest BCUT2D eigenvalue weighted by atomic mass is 16.3. The number of aromatic nitrogens is 2. The first-order valence-corrected chi connectivity index (χ1v) is 8.48. The van der Waals surface area contributed by atoms with Crippen LogP contribution in [-0.2, 0) is 24.4 Å². The first-order valence-electron chi connectivity index (χ1n) is 8.48. The summed E-state index contributed by atoms with van der Waals surface area (Å²) in [5.41, 5.74) is 1.52. The van der Waals surface area contributed by atoms with Gasteiger partial charge in [0.15, 0.2) is 0 Å². The van der Waals surface area contributed by atoms with Gasteiger partial charge in [-0.3, -0.25) is 13.9 Å². The van der Waals surface area contributed by atoms with Crippen molar-refractivity contribution in [2.75, 3.05) is 7.05 Å². The van der Waals surface area contributed by atoms with Crippen molar-refractivity contribution in [2.45, 2.75) is 39.9 Å². The van der Waals surface area contributed by atoms with Crippen LogP contribution in [0.2, 0.25) is 0 Å². The number of fused-ring (bicyclic) bond motifs is 1. The highest BCUT2D eigenvalue weighted by Gasteiger charge is 2.17. The molecule has 0 aliphatic heterocycles. The first kappa shape index (κ1) is 17.1. The average molecular weight is 341 g/mol. The second-order valence-electron chi connectivity index (χ2n) is 6.27. The van der Waals surface area contributed by atoms with E-state index in [0.29, 0.717) is 13.1 Å². The zero-order valence-electron chi connectivity index (χ0n) is 14.9. The molecule has 0 spiro atoms. The van der Waals surface area contributed by atoms with E-state index >= 15 is 0 Å². The average Bonchev–Trinajstić information content (AvgIpc) is 3.11. The molecule has 0 bridgehead atoms. The van der Waals surface area contributed by atoms with Gasteiger partial charge in [0, 0.05) is 13.6 Å². The molecule has 1 aromatic carbocycles. The number of furan rings is 1. The van der Waals surface area contributed by atoms with Gasteiger partial charge in [0.25, 0.3) is 0 Å². The lowest BCUT2D eigenvalue weighted by molar-refractivity contribution is -0.131. The third kappa shape index (κ3) is 3.38. The van der Waals surface area contributed by atoms with E-state index in [-0.39, 0.29) is 18.1 Å². The second kappa shape index (κ2) is 7.01. The van der Waals surface area contributed by atoms with Crippen molar-refractivity contribution < 1.29 is 9.21 Å². The van der Waals surface area contributed by atoms with E-state index in [1.165, 1.54) is 0 Å². The number of carbonyl (C=O) groups is 1. The molecule has 2 aromatic heterocycles. The van der Waals surface area contributed by atoms with Crippen molar-refractivity contribution in [1.29, 1.82) is 0 Å². The Labute approximate surface area is 146 Å². The number of carbonyl (C=O) groups excluding carboxylic acids is 1. The second-order valence-corrected chi connectivity index (χ2v) is 6.27. The summed E-state index contributed by atoms with van der Waals surface area (Å²) in [6.07, 6.45) is 0.861. The van der Waals surface area contributed by atoms with Gasteiger partial charge < -0.3 is 9.32 Å². The van der Waals surface area contributed by atoms with Crippen LogP contribution < -0.4 is 5.69 Å². The molecule has 3 aromatic rings. The molecule has 25 heavy (non-hydrogen) atoms. The lowest BCUT2D eigenvalue weighted by Crippen LogP contribution is -2.34. The molecule has 0 fully saturated rings. The molecule has 0 atom stereocenters. The van der Waals surface area contributed by atoms with Crippen LogP contribution >= 0.6 is 0 Å². The molecule has 0 aliphatic carbocycles. The predicted molar refractivity (Wildman–Crippen MR) is 96.4 cm³/mol. The first-order chi connectivity index (χ1) is 12.0. The number of likely N-dealkylation sites (N-methyl/N-ethyl adjacent to an activating group) is 1. The zero-order valence-corrected chi connectivity index (χ0v) is 14.9. The highest BCUT2D eigenvalue weighted by molar-refractivity contribution is 5.80. The van der Waals surface area contributed by atoms with Crippen LogP contribution in [0.1, 0.15) is 24.9 Å². The fourth-order valence-corrected chi connectivity index (χ4v) is 3.01. The van der Waals surface area contributed by atoms with E-state index in [4.69, 9.17) is 4.42 Å². The number of nitrogens with zero attached hydrogens (tertiary/aromatic N) is 3. The van der Waals surface area contributed by atoms with E-state index in [1.54, 1.807) is 21.1 Å². The number of amides is 1. The van der Waals surface area contributed by atoms with Gasteiger partial charge in [-0.25, -0.2) is 4.79 Å². The maximum atomic E-state index is 12.7. The quantitative estimate of drug-likeness (QED) is 0.693. The van der Waals surface area contributed by atoms with Gasteiger partial charge in [0.1, 0.15) is 18.1 Å². The van der Waals surface area contributed by atoms with Crippen LogP contribution in [0, 0.1) is 6.92 Å². The number of rotatable bonds is 6. The maximum Gasteiger partial charge on any atom is 0.329 e. The van der Waals surface area contributed by atoms with E-state index < -0.39 is 0 Å². The van der Waals surface area contributed by atoms with E-state index in [0.717, 1.165) is 29.0 Å². The predicted octanol–water partition coefficient (Wildman–Crippen LogP) is 2.77. The van der Waals surface area contributed by atoms with Crippen molar-refractivity contribution in [3.63, 3.8) is 0 Å². The maximum absolute atomic E-state index is 12.7. The van der Waals surface area contributed by atoms with Gasteiger partial charge in [-0.1, -0.05) is 19.1 Å². The summed E-state index contributed by atoms with van der Waals surface area (Å²) >= 11 is 0. The topological polar surface area (TPSA) is 60.4 Å². The van der Waals surface area contributed by atoms with Crippen LogP contribution in [0.4, 0.5) is 0 Å². The number of imidazole rings is 1. The van der Waals surface area contributed by atoms with E-state index in [9.17, 15) is 9.59 Å². The molecule has 0 N–H and O–H groups in total. The van der Waals surface area contributed by atoms with Crippen LogP contribution in [0.25, 0.3) is 11.0 Å². The van der Waals surface area contributed by atoms with Gasteiger partial charge in [-0.2, -0.15) is 0 Å². The van der Waals surface area contributed by atoms with Gasteiger partial charge in [-0.15, -0.1) is 0 Å². The molecule has 3 rings (SSSR count). The lowest BCUT2D eigenvalue weighted by atomic mass is 10.3.